The van der Waals surface area contributed by atoms with Crippen LogP contribution >= 0.6 is 0 Å². The largest absolute Gasteiger partial charge is 0.398 e. The Morgan fingerprint density at radius 3 is 2.71 bits per heavy atom. The predicted octanol–water partition coefficient (Wildman–Crippen LogP) is 2.84. The number of anilines is 1. The Labute approximate surface area is 98.1 Å². The summed E-state index contributed by atoms with van der Waals surface area (Å²) >= 11 is 0. The molecule has 1 aromatic heterocycles. The number of benzene rings is 2. The second-order valence-electron chi connectivity index (χ2n) is 3.89. The van der Waals surface area contributed by atoms with Gasteiger partial charge in [-0.25, -0.2) is 4.98 Å². The van der Waals surface area contributed by atoms with Gasteiger partial charge in [-0.2, -0.15) is 5.26 Å². The van der Waals surface area contributed by atoms with Gasteiger partial charge in [0.1, 0.15) is 6.07 Å². The Morgan fingerprint density at radius 1 is 1.06 bits per heavy atom. The molecule has 0 spiro atoms. The van der Waals surface area contributed by atoms with Gasteiger partial charge in [0.05, 0.1) is 22.3 Å². The summed E-state index contributed by atoms with van der Waals surface area (Å²) in [6.07, 6.45) is 0. The number of para-hydroxylation sites is 1. The van der Waals surface area contributed by atoms with Gasteiger partial charge in [-0.3, -0.25) is 0 Å². The van der Waals surface area contributed by atoms with Gasteiger partial charge >= 0.3 is 0 Å². The molecule has 0 unspecified atom stereocenters. The first-order valence-corrected chi connectivity index (χ1v) is 5.27. The van der Waals surface area contributed by atoms with Crippen LogP contribution in [0.25, 0.3) is 21.8 Å². The summed E-state index contributed by atoms with van der Waals surface area (Å²) in [7, 11) is 0. The van der Waals surface area contributed by atoms with Gasteiger partial charge in [0.25, 0.3) is 0 Å². The number of nitrogen functional groups attached to an aromatic ring is 1. The summed E-state index contributed by atoms with van der Waals surface area (Å²) in [5, 5.41) is 11.0. The van der Waals surface area contributed by atoms with E-state index in [0.29, 0.717) is 11.3 Å². The quantitative estimate of drug-likeness (QED) is 0.467. The number of aromatic nitrogens is 1. The van der Waals surface area contributed by atoms with E-state index in [0.717, 1.165) is 21.8 Å². The van der Waals surface area contributed by atoms with E-state index in [4.69, 9.17) is 11.0 Å². The minimum absolute atomic E-state index is 0.497. The van der Waals surface area contributed by atoms with Crippen LogP contribution in [-0.2, 0) is 0 Å². The first-order chi connectivity index (χ1) is 8.29. The average Bonchev–Trinajstić information content (AvgIpc) is 2.36. The number of nitrogens with zero attached hydrogens (tertiary/aromatic N) is 2. The van der Waals surface area contributed by atoms with Gasteiger partial charge in [0.2, 0.25) is 0 Å². The van der Waals surface area contributed by atoms with Crippen molar-refractivity contribution in [3.8, 4) is 6.07 Å². The molecule has 3 nitrogen and oxygen atoms in total. The Kier molecular flexibility index (Phi) is 1.96. The molecule has 2 aromatic carbocycles. The molecule has 0 amide bonds. The van der Waals surface area contributed by atoms with Crippen molar-refractivity contribution in [1.29, 1.82) is 5.26 Å². The zero-order valence-corrected chi connectivity index (χ0v) is 9.01. The van der Waals surface area contributed by atoms with Crippen molar-refractivity contribution in [2.45, 2.75) is 0 Å². The van der Waals surface area contributed by atoms with E-state index in [1.54, 1.807) is 6.07 Å². The van der Waals surface area contributed by atoms with E-state index in [-0.39, 0.29) is 0 Å². The van der Waals surface area contributed by atoms with Crippen molar-refractivity contribution in [2.24, 2.45) is 0 Å². The molecule has 0 saturated carbocycles. The molecule has 80 valence electrons. The Balaban J connectivity index is 2.53. The third-order valence-electron chi connectivity index (χ3n) is 2.84. The summed E-state index contributed by atoms with van der Waals surface area (Å²) in [6, 6.07) is 15.5. The third-order valence-corrected chi connectivity index (χ3v) is 2.84. The fourth-order valence-corrected chi connectivity index (χ4v) is 1.99. The molecule has 0 fully saturated rings. The van der Waals surface area contributed by atoms with Crippen molar-refractivity contribution in [3.63, 3.8) is 0 Å². The lowest BCUT2D eigenvalue weighted by atomic mass is 10.0. The van der Waals surface area contributed by atoms with Crippen molar-refractivity contribution in [3.05, 3.63) is 48.0 Å². The lowest BCUT2D eigenvalue weighted by molar-refractivity contribution is 1.47. The molecule has 3 rings (SSSR count). The van der Waals surface area contributed by atoms with Crippen molar-refractivity contribution in [2.75, 3.05) is 5.73 Å². The fourth-order valence-electron chi connectivity index (χ4n) is 1.99. The lowest BCUT2D eigenvalue weighted by Gasteiger charge is -2.04. The number of rotatable bonds is 0. The van der Waals surface area contributed by atoms with Crippen LogP contribution in [0.4, 0.5) is 5.69 Å². The maximum atomic E-state index is 9.13. The van der Waals surface area contributed by atoms with E-state index >= 15 is 0 Å². The number of nitrogens with two attached hydrogens (primary N) is 1. The van der Waals surface area contributed by atoms with Crippen LogP contribution in [-0.4, -0.2) is 4.98 Å². The zero-order chi connectivity index (χ0) is 11.8. The average molecular weight is 219 g/mol. The molecule has 0 atom stereocenters. The summed E-state index contributed by atoms with van der Waals surface area (Å²) in [6.45, 7) is 0. The van der Waals surface area contributed by atoms with Crippen molar-refractivity contribution < 1.29 is 0 Å². The van der Waals surface area contributed by atoms with Crippen LogP contribution in [0.2, 0.25) is 0 Å². The maximum Gasteiger partial charge on any atom is 0.102 e. The number of hydrogen-bond donors (Lipinski definition) is 1. The van der Waals surface area contributed by atoms with Gasteiger partial charge in [-0.05, 0) is 24.3 Å². The molecule has 17 heavy (non-hydrogen) atoms. The minimum atomic E-state index is 0.497. The number of nitriles is 1. The van der Waals surface area contributed by atoms with Crippen LogP contribution in [0.3, 0.4) is 0 Å². The fraction of sp³-hybridized carbons (Fsp3) is 0. The molecule has 2 N–H and O–H groups in total. The normalized spacial score (nSPS) is 10.5. The second-order valence-corrected chi connectivity index (χ2v) is 3.89. The van der Waals surface area contributed by atoms with Gasteiger partial charge in [0.15, 0.2) is 0 Å². The van der Waals surface area contributed by atoms with E-state index in [9.17, 15) is 0 Å². The monoisotopic (exact) mass is 219 g/mol. The molecule has 0 saturated heterocycles. The highest BCUT2D eigenvalue weighted by Gasteiger charge is 2.06. The molecule has 3 aromatic rings. The summed E-state index contributed by atoms with van der Waals surface area (Å²) < 4.78 is 0. The molecule has 0 radical (unpaired) electrons. The van der Waals surface area contributed by atoms with Crippen LogP contribution in [0.1, 0.15) is 5.56 Å². The van der Waals surface area contributed by atoms with Gasteiger partial charge in [-0.1, -0.05) is 18.2 Å². The first kappa shape index (κ1) is 9.61. The van der Waals surface area contributed by atoms with Gasteiger partial charge in [0, 0.05) is 10.8 Å². The lowest BCUT2D eigenvalue weighted by Crippen LogP contribution is -1.93. The SMILES string of the molecule is N#Cc1c(N)ccc2nc3ccccc3cc12. The Hall–Kier alpha value is -2.60. The molecule has 0 bridgehead atoms. The van der Waals surface area contributed by atoms with E-state index in [1.807, 2.05) is 36.4 Å². The molecule has 0 aliphatic rings. The topological polar surface area (TPSA) is 62.7 Å². The minimum Gasteiger partial charge on any atom is -0.398 e. The molecule has 0 aliphatic heterocycles. The van der Waals surface area contributed by atoms with Crippen molar-refractivity contribution >= 4 is 27.5 Å². The number of hydrogen-bond acceptors (Lipinski definition) is 3. The van der Waals surface area contributed by atoms with E-state index in [1.165, 1.54) is 0 Å². The van der Waals surface area contributed by atoms with E-state index in [2.05, 4.69) is 11.1 Å². The Morgan fingerprint density at radius 2 is 1.88 bits per heavy atom. The second kappa shape index (κ2) is 3.46. The standard InChI is InChI=1S/C14H9N3/c15-8-11-10-7-9-3-1-2-4-13(9)17-14(10)6-5-12(11)16/h1-7H,16H2. The van der Waals surface area contributed by atoms with E-state index < -0.39 is 0 Å². The highest BCUT2D eigenvalue weighted by atomic mass is 14.7. The summed E-state index contributed by atoms with van der Waals surface area (Å²) in [5.74, 6) is 0. The molecule has 3 heteroatoms. The smallest absolute Gasteiger partial charge is 0.102 e. The van der Waals surface area contributed by atoms with Gasteiger partial charge < -0.3 is 5.73 Å². The molecular formula is C14H9N3. The molecular weight excluding hydrogens is 210 g/mol. The third kappa shape index (κ3) is 1.39. The maximum absolute atomic E-state index is 9.13. The predicted molar refractivity (Wildman–Crippen MR) is 68.4 cm³/mol. The highest BCUT2D eigenvalue weighted by molar-refractivity contribution is 5.97. The van der Waals surface area contributed by atoms with Crippen LogP contribution in [0.5, 0.6) is 0 Å². The molecule has 0 aliphatic carbocycles. The summed E-state index contributed by atoms with van der Waals surface area (Å²) in [5.41, 5.74) is 8.51. The summed E-state index contributed by atoms with van der Waals surface area (Å²) in [4.78, 5) is 4.52. The first-order valence-electron chi connectivity index (χ1n) is 5.27. The van der Waals surface area contributed by atoms with Crippen molar-refractivity contribution in [1.82, 2.24) is 4.98 Å². The van der Waals surface area contributed by atoms with Gasteiger partial charge in [-0.15, -0.1) is 0 Å². The zero-order valence-electron chi connectivity index (χ0n) is 9.01. The van der Waals surface area contributed by atoms with Crippen LogP contribution in [0.15, 0.2) is 42.5 Å². The Bertz CT molecular complexity index is 769. The molecule has 1 heterocycles. The number of pyridine rings is 1. The van der Waals surface area contributed by atoms with Crippen LogP contribution < -0.4 is 5.73 Å². The highest BCUT2D eigenvalue weighted by Crippen LogP contribution is 2.25. The van der Waals surface area contributed by atoms with Crippen LogP contribution in [0, 0.1) is 11.3 Å². The number of fused-ring (bicyclic) bond motifs is 2.